The van der Waals surface area contributed by atoms with Crippen molar-refractivity contribution in [2.75, 3.05) is 9.80 Å². The number of anilines is 5. The van der Waals surface area contributed by atoms with Gasteiger partial charge in [0.2, 0.25) is 0 Å². The second-order valence-corrected chi connectivity index (χ2v) is 14.7. The van der Waals surface area contributed by atoms with Gasteiger partial charge in [-0.15, -0.1) is 0 Å². The van der Waals surface area contributed by atoms with Crippen LogP contribution < -0.4 is 9.80 Å². The van der Waals surface area contributed by atoms with E-state index in [1.165, 1.54) is 67.2 Å². The lowest BCUT2D eigenvalue weighted by Gasteiger charge is -2.28. The highest BCUT2D eigenvalue weighted by Crippen LogP contribution is 2.50. The summed E-state index contributed by atoms with van der Waals surface area (Å²) >= 11 is 0. The molecule has 256 valence electrons. The summed E-state index contributed by atoms with van der Waals surface area (Å²) in [5.74, 6) is 0. The van der Waals surface area contributed by atoms with Crippen LogP contribution in [0.5, 0.6) is 0 Å². The predicted octanol–water partition coefficient (Wildman–Crippen LogP) is 13.8. The smallest absolute Gasteiger partial charge is 0.0494 e. The lowest BCUT2D eigenvalue weighted by molar-refractivity contribution is 0.660. The van der Waals surface area contributed by atoms with E-state index < -0.39 is 0 Å². The predicted molar refractivity (Wildman–Crippen MR) is 225 cm³/mol. The Morgan fingerprint density at radius 1 is 0.566 bits per heavy atom. The van der Waals surface area contributed by atoms with E-state index in [0.717, 1.165) is 23.5 Å². The highest BCUT2D eigenvalue weighted by atomic mass is 15.2. The summed E-state index contributed by atoms with van der Waals surface area (Å²) < 4.78 is 0. The second kappa shape index (κ2) is 13.3. The first-order valence-electron chi connectivity index (χ1n) is 18.6. The molecule has 0 aromatic heterocycles. The Labute approximate surface area is 313 Å². The van der Waals surface area contributed by atoms with E-state index >= 15 is 0 Å². The Morgan fingerprint density at radius 2 is 1.15 bits per heavy atom. The zero-order valence-electron chi connectivity index (χ0n) is 30.5. The Morgan fingerprint density at radius 3 is 1.91 bits per heavy atom. The van der Waals surface area contributed by atoms with Crippen LogP contribution in [0.3, 0.4) is 0 Å². The molecule has 0 fully saturated rings. The van der Waals surface area contributed by atoms with Gasteiger partial charge in [-0.05, 0) is 118 Å². The summed E-state index contributed by atoms with van der Waals surface area (Å²) in [4.78, 5) is 4.78. The fourth-order valence-corrected chi connectivity index (χ4v) is 8.23. The van der Waals surface area contributed by atoms with Crippen molar-refractivity contribution in [3.63, 3.8) is 0 Å². The number of hydrogen-bond acceptors (Lipinski definition) is 2. The molecule has 0 saturated heterocycles. The molecule has 2 nitrogen and oxygen atoms in total. The molecule has 7 aromatic carbocycles. The van der Waals surface area contributed by atoms with E-state index in [9.17, 15) is 0 Å². The Hall–Kier alpha value is -6.38. The van der Waals surface area contributed by atoms with Crippen LogP contribution >= 0.6 is 0 Å². The Bertz CT molecular complexity index is 2490. The zero-order chi connectivity index (χ0) is 35.9. The Balaban J connectivity index is 1.07. The van der Waals surface area contributed by atoms with Gasteiger partial charge in [0.15, 0.2) is 0 Å². The largest absolute Gasteiger partial charge is 0.314 e. The first-order chi connectivity index (χ1) is 26.0. The van der Waals surface area contributed by atoms with E-state index in [2.05, 4.69) is 219 Å². The van der Waals surface area contributed by atoms with E-state index in [-0.39, 0.29) is 5.41 Å². The van der Waals surface area contributed by atoms with Crippen LogP contribution in [-0.4, -0.2) is 0 Å². The maximum atomic E-state index is 2.41. The molecule has 0 N–H and O–H groups in total. The molecule has 0 radical (unpaired) electrons. The van der Waals surface area contributed by atoms with Crippen molar-refractivity contribution in [2.45, 2.75) is 32.6 Å². The SMILES string of the molecule is C/C(=C\C=C1/Cc2ccccc2N1c1ccccc1)c1ccc(N(c2ccc(-c3ccccc3)cc2)c2ccc3c(c2)C(C)(C)c2ccccc2-3)cc1. The molecule has 53 heavy (non-hydrogen) atoms. The zero-order valence-corrected chi connectivity index (χ0v) is 30.5. The molecule has 0 saturated carbocycles. The van der Waals surface area contributed by atoms with Crippen LogP contribution in [0.1, 0.15) is 43.0 Å². The van der Waals surface area contributed by atoms with Crippen molar-refractivity contribution >= 4 is 34.0 Å². The maximum Gasteiger partial charge on any atom is 0.0494 e. The summed E-state index contributed by atoms with van der Waals surface area (Å²) in [7, 11) is 0. The van der Waals surface area contributed by atoms with E-state index in [4.69, 9.17) is 0 Å². The second-order valence-electron chi connectivity index (χ2n) is 14.7. The van der Waals surface area contributed by atoms with Gasteiger partial charge >= 0.3 is 0 Å². The summed E-state index contributed by atoms with van der Waals surface area (Å²) in [5.41, 5.74) is 18.7. The van der Waals surface area contributed by atoms with Crippen LogP contribution in [0.2, 0.25) is 0 Å². The van der Waals surface area contributed by atoms with Gasteiger partial charge in [-0.2, -0.15) is 0 Å². The highest BCUT2D eigenvalue weighted by molar-refractivity contribution is 5.86. The topological polar surface area (TPSA) is 6.48 Å². The number of nitrogens with zero attached hydrogens (tertiary/aromatic N) is 2. The molecule has 0 atom stereocenters. The van der Waals surface area contributed by atoms with Crippen LogP contribution in [0, 0.1) is 0 Å². The molecule has 0 amide bonds. The average Bonchev–Trinajstić information content (AvgIpc) is 3.70. The first kappa shape index (κ1) is 32.5. The van der Waals surface area contributed by atoms with Crippen LogP contribution in [0.4, 0.5) is 28.4 Å². The number of hydrogen-bond donors (Lipinski definition) is 0. The van der Waals surface area contributed by atoms with Gasteiger partial charge in [0.1, 0.15) is 0 Å². The van der Waals surface area contributed by atoms with Gasteiger partial charge in [-0.25, -0.2) is 0 Å². The van der Waals surface area contributed by atoms with Crippen LogP contribution in [0.25, 0.3) is 27.8 Å². The molecule has 0 bridgehead atoms. The Kier molecular flexibility index (Phi) is 8.16. The fraction of sp³-hybridized carbons (Fsp3) is 0.0980. The van der Waals surface area contributed by atoms with E-state index in [1.54, 1.807) is 0 Å². The number of rotatable bonds is 7. The van der Waals surface area contributed by atoms with Gasteiger partial charge in [-0.3, -0.25) is 0 Å². The van der Waals surface area contributed by atoms with Crippen LogP contribution in [-0.2, 0) is 11.8 Å². The van der Waals surface area contributed by atoms with Crippen molar-refractivity contribution in [3.05, 3.63) is 216 Å². The third-order valence-electron chi connectivity index (χ3n) is 11.1. The maximum absolute atomic E-state index is 2.41. The molecule has 1 aliphatic heterocycles. The van der Waals surface area contributed by atoms with Gasteiger partial charge in [-0.1, -0.05) is 141 Å². The van der Waals surface area contributed by atoms with E-state index in [0.29, 0.717) is 0 Å². The normalized spacial score (nSPS) is 14.9. The summed E-state index contributed by atoms with van der Waals surface area (Å²) in [6.45, 7) is 6.91. The molecule has 2 heteroatoms. The van der Waals surface area contributed by atoms with Crippen molar-refractivity contribution in [1.29, 1.82) is 0 Å². The van der Waals surface area contributed by atoms with Crippen molar-refractivity contribution < 1.29 is 0 Å². The number of para-hydroxylation sites is 2. The van der Waals surface area contributed by atoms with Crippen molar-refractivity contribution in [2.24, 2.45) is 0 Å². The molecule has 9 rings (SSSR count). The van der Waals surface area contributed by atoms with Gasteiger partial charge in [0, 0.05) is 46.0 Å². The molecular formula is C51H42N2. The number of fused-ring (bicyclic) bond motifs is 4. The molecule has 7 aromatic rings. The summed E-state index contributed by atoms with van der Waals surface area (Å²) in [6.07, 6.45) is 5.47. The van der Waals surface area contributed by atoms with E-state index in [1.807, 2.05) is 0 Å². The highest BCUT2D eigenvalue weighted by Gasteiger charge is 2.35. The van der Waals surface area contributed by atoms with Gasteiger partial charge < -0.3 is 9.80 Å². The fourth-order valence-electron chi connectivity index (χ4n) is 8.23. The minimum absolute atomic E-state index is 0.0815. The lowest BCUT2D eigenvalue weighted by Crippen LogP contribution is -2.16. The summed E-state index contributed by atoms with van der Waals surface area (Å²) in [5, 5.41) is 0. The molecule has 1 aliphatic carbocycles. The quantitative estimate of drug-likeness (QED) is 0.165. The molecule has 0 unspecified atom stereocenters. The number of allylic oxidation sites excluding steroid dienone is 4. The van der Waals surface area contributed by atoms with Gasteiger partial charge in [0.05, 0.1) is 0 Å². The minimum Gasteiger partial charge on any atom is -0.314 e. The van der Waals surface area contributed by atoms with Crippen molar-refractivity contribution in [3.8, 4) is 22.3 Å². The average molecular weight is 683 g/mol. The molecule has 2 aliphatic rings. The third-order valence-corrected chi connectivity index (χ3v) is 11.1. The van der Waals surface area contributed by atoms with Crippen molar-refractivity contribution in [1.82, 2.24) is 0 Å². The molecule has 0 spiro atoms. The standard InChI is InChI=1S/C51H42N2/c1-36(22-27-44-34-40-16-10-13-21-50(40)53(44)41-17-8-5-9-18-41)37-23-28-42(29-24-37)52(43-30-25-39(26-31-43)38-14-6-4-7-15-38)45-32-33-47-46-19-11-12-20-48(46)51(2,3)49(47)35-45/h4-33,35H,34H2,1-3H3/b36-22+,44-27+. The molecule has 1 heterocycles. The monoisotopic (exact) mass is 682 g/mol. The van der Waals surface area contributed by atoms with Crippen LogP contribution in [0.15, 0.2) is 194 Å². The molecular weight excluding hydrogens is 641 g/mol. The first-order valence-corrected chi connectivity index (χ1v) is 18.6. The van der Waals surface area contributed by atoms with Gasteiger partial charge in [0.25, 0.3) is 0 Å². The summed E-state index contributed by atoms with van der Waals surface area (Å²) in [6, 6.07) is 63.9. The number of benzene rings is 7. The third kappa shape index (κ3) is 5.87. The minimum atomic E-state index is -0.0815. The lowest BCUT2D eigenvalue weighted by atomic mass is 9.82.